The first-order chi connectivity index (χ1) is 13.6. The highest BCUT2D eigenvalue weighted by Gasteiger charge is 2.24. The molecule has 2 aliphatic rings. The molecule has 0 amide bonds. The number of ketones is 1. The summed E-state index contributed by atoms with van der Waals surface area (Å²) in [5, 5.41) is 3.99. The van der Waals surface area contributed by atoms with Crippen molar-refractivity contribution in [3.05, 3.63) is 58.6 Å². The summed E-state index contributed by atoms with van der Waals surface area (Å²) in [4.78, 5) is 23.9. The van der Waals surface area contributed by atoms with Crippen LogP contribution in [0.3, 0.4) is 0 Å². The summed E-state index contributed by atoms with van der Waals surface area (Å²) in [5.74, 6) is 0.606. The number of imidazole rings is 1. The second-order valence-electron chi connectivity index (χ2n) is 7.45. The first kappa shape index (κ1) is 17.4. The number of piperazine rings is 1. The van der Waals surface area contributed by atoms with Crippen molar-refractivity contribution in [3.63, 3.8) is 0 Å². The number of hydrogen-bond acceptors (Lipinski definition) is 5. The van der Waals surface area contributed by atoms with E-state index in [-0.39, 0.29) is 5.78 Å². The van der Waals surface area contributed by atoms with Crippen LogP contribution in [0.5, 0.6) is 0 Å². The van der Waals surface area contributed by atoms with Crippen LogP contribution in [0, 0.1) is 0 Å². The Hall–Kier alpha value is -2.70. The van der Waals surface area contributed by atoms with Gasteiger partial charge in [-0.05, 0) is 36.3 Å². The monoisotopic (exact) mass is 393 g/mol. The maximum Gasteiger partial charge on any atom is 0.234 e. The molecule has 0 saturated carbocycles. The van der Waals surface area contributed by atoms with Crippen molar-refractivity contribution in [2.24, 2.45) is 0 Å². The minimum Gasteiger partial charge on any atom is -0.369 e. The lowest BCUT2D eigenvalue weighted by molar-refractivity contribution is -0.113. The Bertz CT molecular complexity index is 1120. The van der Waals surface area contributed by atoms with E-state index in [1.165, 1.54) is 5.69 Å². The van der Waals surface area contributed by atoms with Crippen LogP contribution in [0.1, 0.15) is 23.7 Å². The van der Waals surface area contributed by atoms with Crippen LogP contribution in [0.15, 0.2) is 36.8 Å². The van der Waals surface area contributed by atoms with Gasteiger partial charge in [-0.25, -0.2) is 9.97 Å². The van der Waals surface area contributed by atoms with Crippen molar-refractivity contribution >= 4 is 40.5 Å². The van der Waals surface area contributed by atoms with Gasteiger partial charge in [-0.15, -0.1) is 0 Å². The van der Waals surface area contributed by atoms with Crippen LogP contribution in [0.2, 0.25) is 5.02 Å². The van der Waals surface area contributed by atoms with Crippen LogP contribution < -0.4 is 10.2 Å². The number of Topliss-reactive ketones (excluding diaryl/α,β-unsaturated/α-hetero) is 1. The molecule has 1 aromatic carbocycles. The number of fused-ring (bicyclic) bond motifs is 2. The van der Waals surface area contributed by atoms with Gasteiger partial charge < -0.3 is 10.2 Å². The molecule has 0 radical (unpaired) electrons. The van der Waals surface area contributed by atoms with E-state index < -0.39 is 0 Å². The van der Waals surface area contributed by atoms with E-state index in [9.17, 15) is 4.79 Å². The molecular formula is C21H20ClN5O. The lowest BCUT2D eigenvalue weighted by Crippen LogP contribution is -2.49. The molecule has 3 aromatic rings. The van der Waals surface area contributed by atoms with Crippen molar-refractivity contribution in [1.82, 2.24) is 19.7 Å². The molecule has 1 aliphatic heterocycles. The number of aromatic nitrogens is 3. The highest BCUT2D eigenvalue weighted by atomic mass is 35.5. The van der Waals surface area contributed by atoms with E-state index in [1.807, 2.05) is 6.08 Å². The maximum absolute atomic E-state index is 12.9. The Morgan fingerprint density at radius 3 is 3.04 bits per heavy atom. The molecule has 0 spiro atoms. The molecule has 1 atom stereocenters. The average Bonchev–Trinajstić information content (AvgIpc) is 3.10. The van der Waals surface area contributed by atoms with Gasteiger partial charge >= 0.3 is 0 Å². The number of anilines is 1. The minimum atomic E-state index is 0.0767. The number of nitrogens with zero attached hydrogens (tertiary/aromatic N) is 4. The third-order valence-corrected chi connectivity index (χ3v) is 5.56. The fourth-order valence-corrected chi connectivity index (χ4v) is 4.11. The van der Waals surface area contributed by atoms with Crippen molar-refractivity contribution in [1.29, 1.82) is 0 Å². The zero-order valence-corrected chi connectivity index (χ0v) is 16.3. The van der Waals surface area contributed by atoms with Gasteiger partial charge in [0.15, 0.2) is 5.78 Å². The number of nitrogens with one attached hydrogen (secondary N) is 1. The molecule has 7 heteroatoms. The van der Waals surface area contributed by atoms with Gasteiger partial charge in [-0.3, -0.25) is 9.20 Å². The molecule has 1 saturated heterocycles. The number of allylic oxidation sites excluding steroid dienone is 1. The number of carbonyl (C=O) groups excluding carboxylic acids is 1. The predicted octanol–water partition coefficient (Wildman–Crippen LogP) is 2.85. The van der Waals surface area contributed by atoms with E-state index in [0.717, 1.165) is 30.8 Å². The topological polar surface area (TPSA) is 62.5 Å². The molecule has 1 fully saturated rings. The van der Waals surface area contributed by atoms with Crippen LogP contribution >= 0.6 is 11.6 Å². The van der Waals surface area contributed by atoms with Gasteiger partial charge in [0.2, 0.25) is 5.78 Å². The van der Waals surface area contributed by atoms with Crippen LogP contribution in [0.25, 0.3) is 17.4 Å². The Morgan fingerprint density at radius 1 is 1.29 bits per heavy atom. The van der Waals surface area contributed by atoms with Crippen molar-refractivity contribution < 1.29 is 4.79 Å². The molecule has 1 aliphatic carbocycles. The van der Waals surface area contributed by atoms with E-state index in [0.29, 0.717) is 34.5 Å². The second kappa shape index (κ2) is 6.72. The Balaban J connectivity index is 1.50. The molecule has 3 heterocycles. The number of carbonyl (C=O) groups is 1. The second-order valence-corrected chi connectivity index (χ2v) is 7.88. The highest BCUT2D eigenvalue weighted by Crippen LogP contribution is 2.31. The van der Waals surface area contributed by atoms with Gasteiger partial charge in [0, 0.05) is 55.8 Å². The quantitative estimate of drug-likeness (QED) is 0.725. The summed E-state index contributed by atoms with van der Waals surface area (Å²) in [5.41, 5.74) is 4.58. The molecule has 2 aromatic heterocycles. The minimum absolute atomic E-state index is 0.0767. The summed E-state index contributed by atoms with van der Waals surface area (Å²) in [7, 11) is 0. The van der Waals surface area contributed by atoms with Crippen molar-refractivity contribution in [2.45, 2.75) is 19.4 Å². The smallest absolute Gasteiger partial charge is 0.234 e. The highest BCUT2D eigenvalue weighted by molar-refractivity contribution is 6.30. The third kappa shape index (κ3) is 3.08. The normalized spacial score (nSPS) is 19.6. The number of benzene rings is 1. The maximum atomic E-state index is 12.9. The zero-order valence-electron chi connectivity index (χ0n) is 15.5. The number of rotatable bonds is 2. The summed E-state index contributed by atoms with van der Waals surface area (Å²) in [6.45, 7) is 5.13. The van der Waals surface area contributed by atoms with Gasteiger partial charge in [0.05, 0.1) is 16.9 Å². The van der Waals surface area contributed by atoms with Crippen LogP contribution in [-0.2, 0) is 11.2 Å². The molecule has 1 N–H and O–H groups in total. The standard InChI is InChI=1S/C21H20ClN5O/c1-13-10-26(5-4-23-13)17-3-2-14-7-18(20(28)8-15(14)6-17)19-12-27-11-16(22)9-24-21(27)25-19/h2-3,6-7,9,11-13,23H,4-5,8,10H2,1H3/t13-/m1/s1. The Kier molecular flexibility index (Phi) is 4.18. The molecular weight excluding hydrogens is 374 g/mol. The van der Waals surface area contributed by atoms with E-state index in [2.05, 4.69) is 45.3 Å². The molecule has 5 rings (SSSR count). The third-order valence-electron chi connectivity index (χ3n) is 5.37. The van der Waals surface area contributed by atoms with Gasteiger partial charge in [0.1, 0.15) is 0 Å². The molecule has 28 heavy (non-hydrogen) atoms. The van der Waals surface area contributed by atoms with E-state index >= 15 is 0 Å². The molecule has 6 nitrogen and oxygen atoms in total. The summed E-state index contributed by atoms with van der Waals surface area (Å²) < 4.78 is 1.75. The molecule has 0 bridgehead atoms. The van der Waals surface area contributed by atoms with Gasteiger partial charge in [0.25, 0.3) is 0 Å². The predicted molar refractivity (Wildman–Crippen MR) is 111 cm³/mol. The first-order valence-corrected chi connectivity index (χ1v) is 9.81. The molecule has 0 unspecified atom stereocenters. The lowest BCUT2D eigenvalue weighted by atomic mass is 9.89. The van der Waals surface area contributed by atoms with Gasteiger partial charge in [-0.2, -0.15) is 0 Å². The average molecular weight is 394 g/mol. The van der Waals surface area contributed by atoms with Crippen LogP contribution in [0.4, 0.5) is 5.69 Å². The van der Waals surface area contributed by atoms with Crippen molar-refractivity contribution in [3.8, 4) is 0 Å². The van der Waals surface area contributed by atoms with Crippen LogP contribution in [-0.4, -0.2) is 45.8 Å². The first-order valence-electron chi connectivity index (χ1n) is 9.43. The fourth-order valence-electron chi connectivity index (χ4n) is 3.96. The largest absolute Gasteiger partial charge is 0.369 e. The van der Waals surface area contributed by atoms with E-state index in [4.69, 9.17) is 11.6 Å². The lowest BCUT2D eigenvalue weighted by Gasteiger charge is -2.34. The number of halogens is 1. The number of hydrogen-bond donors (Lipinski definition) is 1. The SMILES string of the molecule is C[C@@H]1CN(c2ccc3c(c2)CC(=O)C(c2cn4cc(Cl)cnc4n2)=C3)CCN1. The summed E-state index contributed by atoms with van der Waals surface area (Å²) >= 11 is 6.00. The summed E-state index contributed by atoms with van der Waals surface area (Å²) in [6, 6.07) is 6.87. The van der Waals surface area contributed by atoms with Gasteiger partial charge in [-0.1, -0.05) is 17.7 Å². The fraction of sp³-hybridized carbons (Fsp3) is 0.286. The van der Waals surface area contributed by atoms with E-state index in [1.54, 1.807) is 23.0 Å². The Morgan fingerprint density at radius 2 is 2.18 bits per heavy atom. The Labute approximate surface area is 167 Å². The zero-order chi connectivity index (χ0) is 19.3. The van der Waals surface area contributed by atoms with Crippen molar-refractivity contribution in [2.75, 3.05) is 24.5 Å². The molecule has 142 valence electrons. The summed E-state index contributed by atoms with van der Waals surface area (Å²) in [6.07, 6.45) is 7.42.